The molecule has 1 saturated heterocycles. The summed E-state index contributed by atoms with van der Waals surface area (Å²) in [6.07, 6.45) is 4.01. The van der Waals surface area contributed by atoms with Crippen LogP contribution in [0.5, 0.6) is 0 Å². The van der Waals surface area contributed by atoms with E-state index in [1.807, 2.05) is 26.8 Å². The Morgan fingerprint density at radius 3 is 2.87 bits per heavy atom. The van der Waals surface area contributed by atoms with Crippen molar-refractivity contribution >= 4 is 51.7 Å². The second-order valence-corrected chi connectivity index (χ2v) is 8.81. The number of nitrogens with zero attached hydrogens (tertiary/aromatic N) is 3. The van der Waals surface area contributed by atoms with Crippen LogP contribution in [0.4, 0.5) is 5.82 Å². The van der Waals surface area contributed by atoms with Crippen LogP contribution in [-0.2, 0) is 9.53 Å². The minimum Gasteiger partial charge on any atom is -0.394 e. The number of thioether (sulfide) groups is 1. The van der Waals surface area contributed by atoms with E-state index in [0.717, 1.165) is 12.0 Å². The number of aliphatic hydroxyl groups excluding tert-OH is 1. The maximum atomic E-state index is 13.3. The van der Waals surface area contributed by atoms with Gasteiger partial charge in [-0.1, -0.05) is 37.0 Å². The highest BCUT2D eigenvalue weighted by atomic mass is 32.2. The summed E-state index contributed by atoms with van der Waals surface area (Å²) in [5.41, 5.74) is 1.40. The van der Waals surface area contributed by atoms with Gasteiger partial charge in [0.2, 0.25) is 0 Å². The topological polar surface area (TPSA) is 96.2 Å². The third-order valence-corrected chi connectivity index (χ3v) is 6.32. The molecule has 31 heavy (non-hydrogen) atoms. The molecule has 2 aromatic heterocycles. The summed E-state index contributed by atoms with van der Waals surface area (Å²) in [4.78, 5) is 32.9. The van der Waals surface area contributed by atoms with Gasteiger partial charge in [-0.2, -0.15) is 0 Å². The lowest BCUT2D eigenvalue weighted by Crippen LogP contribution is -2.36. The molecule has 166 valence electrons. The van der Waals surface area contributed by atoms with Crippen LogP contribution in [0.1, 0.15) is 31.4 Å². The van der Waals surface area contributed by atoms with Crippen molar-refractivity contribution in [1.29, 1.82) is 0 Å². The van der Waals surface area contributed by atoms with Gasteiger partial charge in [0.15, 0.2) is 0 Å². The molecular weight excluding hydrogens is 436 g/mol. The summed E-state index contributed by atoms with van der Waals surface area (Å²) < 4.78 is 7.25. The Bertz CT molecular complexity index is 1080. The van der Waals surface area contributed by atoms with E-state index in [1.54, 1.807) is 23.2 Å². The Morgan fingerprint density at radius 1 is 1.39 bits per heavy atom. The van der Waals surface area contributed by atoms with Crippen molar-refractivity contribution in [2.24, 2.45) is 0 Å². The van der Waals surface area contributed by atoms with E-state index in [-0.39, 0.29) is 36.3 Å². The number of carbonyl (C=O) groups excluding carboxylic acids is 1. The third-order valence-electron chi connectivity index (χ3n) is 4.99. The van der Waals surface area contributed by atoms with E-state index >= 15 is 0 Å². The highest BCUT2D eigenvalue weighted by molar-refractivity contribution is 8.26. The van der Waals surface area contributed by atoms with Gasteiger partial charge in [-0.3, -0.25) is 18.9 Å². The molecule has 0 aromatic carbocycles. The second kappa shape index (κ2) is 10.4. The number of fused-ring (bicyclic) bond motifs is 1. The van der Waals surface area contributed by atoms with Crippen LogP contribution in [0.2, 0.25) is 0 Å². The normalized spacial score (nSPS) is 16.5. The number of hydrogen-bond acceptors (Lipinski definition) is 8. The minimum atomic E-state index is -0.277. The van der Waals surface area contributed by atoms with Gasteiger partial charge in [-0.05, 0) is 38.0 Å². The first-order chi connectivity index (χ1) is 14.9. The van der Waals surface area contributed by atoms with E-state index in [9.17, 15) is 9.59 Å². The van der Waals surface area contributed by atoms with Crippen molar-refractivity contribution in [1.82, 2.24) is 14.3 Å². The molecular formula is C21H26N4O4S2. The number of thiocarbonyl (C=S) groups is 1. The number of aliphatic hydroxyl groups is 1. The monoisotopic (exact) mass is 462 g/mol. The van der Waals surface area contributed by atoms with Gasteiger partial charge in [0, 0.05) is 18.8 Å². The fourth-order valence-corrected chi connectivity index (χ4v) is 4.60. The average molecular weight is 463 g/mol. The Labute approximate surface area is 190 Å². The highest BCUT2D eigenvalue weighted by Gasteiger charge is 2.35. The van der Waals surface area contributed by atoms with Crippen molar-refractivity contribution in [2.45, 2.75) is 33.2 Å². The highest BCUT2D eigenvalue weighted by Crippen LogP contribution is 2.34. The average Bonchev–Trinajstić information content (AvgIpc) is 3.03. The lowest BCUT2D eigenvalue weighted by atomic mass is 10.2. The van der Waals surface area contributed by atoms with Gasteiger partial charge in [0.25, 0.3) is 11.5 Å². The number of aryl methyl sites for hydroxylation is 1. The Kier molecular flexibility index (Phi) is 7.82. The minimum absolute atomic E-state index is 0.0156. The fourth-order valence-electron chi connectivity index (χ4n) is 3.16. The number of nitrogens with one attached hydrogen (secondary N) is 1. The van der Waals surface area contributed by atoms with Crippen LogP contribution in [0.3, 0.4) is 0 Å². The van der Waals surface area contributed by atoms with Gasteiger partial charge < -0.3 is 15.2 Å². The molecule has 3 heterocycles. The number of rotatable bonds is 9. The van der Waals surface area contributed by atoms with E-state index in [0.29, 0.717) is 33.8 Å². The van der Waals surface area contributed by atoms with Crippen LogP contribution >= 0.6 is 24.0 Å². The molecule has 1 unspecified atom stereocenters. The molecule has 0 spiro atoms. The predicted molar refractivity (Wildman–Crippen MR) is 127 cm³/mol. The van der Waals surface area contributed by atoms with Gasteiger partial charge in [0.1, 0.15) is 15.8 Å². The number of carbonyl (C=O) groups is 1. The lowest BCUT2D eigenvalue weighted by molar-refractivity contribution is -0.123. The van der Waals surface area contributed by atoms with E-state index in [2.05, 4.69) is 10.3 Å². The number of amides is 1. The summed E-state index contributed by atoms with van der Waals surface area (Å²) in [5.74, 6) is 0.177. The molecule has 3 rings (SSSR count). The van der Waals surface area contributed by atoms with Crippen molar-refractivity contribution < 1.29 is 14.6 Å². The van der Waals surface area contributed by atoms with Crippen molar-refractivity contribution in [2.75, 3.05) is 31.7 Å². The van der Waals surface area contributed by atoms with E-state index < -0.39 is 0 Å². The molecule has 1 aliphatic rings. The first kappa shape index (κ1) is 23.4. The summed E-state index contributed by atoms with van der Waals surface area (Å²) in [6, 6.07) is 3.65. The Balaban J connectivity index is 2.03. The van der Waals surface area contributed by atoms with Crippen molar-refractivity contribution in [3.8, 4) is 0 Å². The van der Waals surface area contributed by atoms with Crippen LogP contribution < -0.4 is 10.9 Å². The molecule has 1 fully saturated rings. The summed E-state index contributed by atoms with van der Waals surface area (Å²) in [5, 5.41) is 12.0. The molecule has 1 amide bonds. The summed E-state index contributed by atoms with van der Waals surface area (Å²) in [7, 11) is 0. The molecule has 0 saturated carbocycles. The van der Waals surface area contributed by atoms with E-state index in [1.165, 1.54) is 16.2 Å². The molecule has 8 nitrogen and oxygen atoms in total. The maximum absolute atomic E-state index is 13.3. The van der Waals surface area contributed by atoms with Crippen molar-refractivity contribution in [3.05, 3.63) is 44.7 Å². The lowest BCUT2D eigenvalue weighted by Gasteiger charge is -2.21. The van der Waals surface area contributed by atoms with Gasteiger partial charge in [0.05, 0.1) is 30.3 Å². The summed E-state index contributed by atoms with van der Waals surface area (Å²) in [6.45, 7) is 6.73. The fraction of sp³-hybridized carbons (Fsp3) is 0.429. The molecule has 0 aliphatic carbocycles. The van der Waals surface area contributed by atoms with Gasteiger partial charge >= 0.3 is 0 Å². The molecule has 1 aliphatic heterocycles. The Hall–Kier alpha value is -2.27. The van der Waals surface area contributed by atoms with Crippen LogP contribution in [0.25, 0.3) is 11.7 Å². The van der Waals surface area contributed by atoms with Gasteiger partial charge in [-0.25, -0.2) is 4.98 Å². The molecule has 2 aromatic rings. The second-order valence-electron chi connectivity index (χ2n) is 7.14. The number of ether oxygens (including phenoxy) is 1. The molecule has 0 bridgehead atoms. The zero-order valence-corrected chi connectivity index (χ0v) is 19.4. The standard InChI is InChI=1S/C21H26N4O4S2/c1-4-14(3)25-20(28)16(31-21(25)30)12-15-17(22-7-10-29-11-9-26)23-18-13(2)6-5-8-24(18)19(15)27/h5-6,8,12,14,22,26H,4,7,9-11H2,1-3H3/b16-12-. The largest absolute Gasteiger partial charge is 0.394 e. The number of pyridine rings is 1. The number of anilines is 1. The molecule has 1 atom stereocenters. The van der Waals surface area contributed by atoms with Gasteiger partial charge in [-0.15, -0.1) is 0 Å². The van der Waals surface area contributed by atoms with Crippen LogP contribution in [0.15, 0.2) is 28.0 Å². The first-order valence-corrected chi connectivity index (χ1v) is 11.3. The number of aromatic nitrogens is 2. The third kappa shape index (κ3) is 4.98. The quantitative estimate of drug-likeness (QED) is 0.333. The van der Waals surface area contributed by atoms with Crippen molar-refractivity contribution in [3.63, 3.8) is 0 Å². The SMILES string of the molecule is CCC(C)N1C(=O)/C(=C/c2c(NCCOCCO)nc3c(C)cccn3c2=O)SC1=S. The molecule has 0 radical (unpaired) electrons. The van der Waals surface area contributed by atoms with E-state index in [4.69, 9.17) is 22.1 Å². The first-order valence-electron chi connectivity index (χ1n) is 10.1. The summed E-state index contributed by atoms with van der Waals surface area (Å²) >= 11 is 6.59. The number of hydrogen-bond donors (Lipinski definition) is 2. The van der Waals surface area contributed by atoms with Crippen LogP contribution in [0, 0.1) is 6.92 Å². The predicted octanol–water partition coefficient (Wildman–Crippen LogP) is 2.42. The molecule has 10 heteroatoms. The maximum Gasteiger partial charge on any atom is 0.267 e. The van der Waals surface area contributed by atoms with Crippen LogP contribution in [-0.4, -0.2) is 62.0 Å². The zero-order valence-electron chi connectivity index (χ0n) is 17.8. The zero-order chi connectivity index (χ0) is 22.5. The smallest absolute Gasteiger partial charge is 0.267 e. The molecule has 2 N–H and O–H groups in total. The Morgan fingerprint density at radius 2 is 2.16 bits per heavy atom.